The van der Waals surface area contributed by atoms with Crippen molar-refractivity contribution < 1.29 is 14.6 Å². The van der Waals surface area contributed by atoms with E-state index in [1.807, 2.05) is 43.3 Å². The lowest BCUT2D eigenvalue weighted by molar-refractivity contribution is 0.281. The van der Waals surface area contributed by atoms with Gasteiger partial charge in [0.05, 0.1) is 20.8 Å². The monoisotopic (exact) mass is 258 g/mol. The highest BCUT2D eigenvalue weighted by Crippen LogP contribution is 2.39. The van der Waals surface area contributed by atoms with Gasteiger partial charge in [-0.2, -0.15) is 0 Å². The molecule has 1 N–H and O–H groups in total. The zero-order valence-corrected chi connectivity index (χ0v) is 11.4. The van der Waals surface area contributed by atoms with Gasteiger partial charge in [-0.15, -0.1) is 0 Å². The van der Waals surface area contributed by atoms with E-state index in [4.69, 9.17) is 9.47 Å². The Hall–Kier alpha value is -2.00. The van der Waals surface area contributed by atoms with Gasteiger partial charge >= 0.3 is 0 Å². The highest BCUT2D eigenvalue weighted by molar-refractivity contribution is 5.76. The zero-order chi connectivity index (χ0) is 13.8. The second-order valence-electron chi connectivity index (χ2n) is 4.29. The topological polar surface area (TPSA) is 38.7 Å². The summed E-state index contributed by atoms with van der Waals surface area (Å²) in [5.41, 5.74) is 3.98. The van der Waals surface area contributed by atoms with Crippen LogP contribution in [-0.2, 0) is 6.61 Å². The van der Waals surface area contributed by atoms with Crippen LogP contribution >= 0.6 is 0 Å². The molecule has 0 saturated heterocycles. The van der Waals surface area contributed by atoms with Crippen molar-refractivity contribution in [3.8, 4) is 22.6 Å². The molecule has 0 aliphatic heterocycles. The van der Waals surface area contributed by atoms with Gasteiger partial charge in [0, 0.05) is 5.56 Å². The van der Waals surface area contributed by atoms with Crippen molar-refractivity contribution in [3.05, 3.63) is 47.5 Å². The maximum atomic E-state index is 9.36. The molecule has 2 rings (SSSR count). The summed E-state index contributed by atoms with van der Waals surface area (Å²) in [6, 6.07) is 11.7. The van der Waals surface area contributed by atoms with Gasteiger partial charge in [-0.1, -0.05) is 30.3 Å². The predicted octanol–water partition coefficient (Wildman–Crippen LogP) is 3.17. The maximum Gasteiger partial charge on any atom is 0.168 e. The molecule has 0 bridgehead atoms. The fourth-order valence-electron chi connectivity index (χ4n) is 2.25. The fraction of sp³-hybridized carbons (Fsp3) is 0.250. The largest absolute Gasteiger partial charge is 0.493 e. The number of benzene rings is 2. The van der Waals surface area contributed by atoms with E-state index >= 15 is 0 Å². The molecule has 0 atom stereocenters. The van der Waals surface area contributed by atoms with Gasteiger partial charge in [-0.25, -0.2) is 0 Å². The number of rotatable bonds is 4. The summed E-state index contributed by atoms with van der Waals surface area (Å²) >= 11 is 0. The molecule has 100 valence electrons. The molecule has 3 nitrogen and oxygen atoms in total. The van der Waals surface area contributed by atoms with E-state index in [9.17, 15) is 5.11 Å². The number of hydrogen-bond donors (Lipinski definition) is 1. The Morgan fingerprint density at radius 2 is 1.63 bits per heavy atom. The zero-order valence-electron chi connectivity index (χ0n) is 11.4. The number of aliphatic hydroxyl groups is 1. The van der Waals surface area contributed by atoms with E-state index in [-0.39, 0.29) is 6.61 Å². The van der Waals surface area contributed by atoms with Crippen molar-refractivity contribution in [1.82, 2.24) is 0 Å². The summed E-state index contributed by atoms with van der Waals surface area (Å²) in [6.45, 7) is 2.03. The fourth-order valence-corrected chi connectivity index (χ4v) is 2.25. The molecule has 0 radical (unpaired) electrons. The van der Waals surface area contributed by atoms with E-state index in [2.05, 4.69) is 0 Å². The van der Waals surface area contributed by atoms with Gasteiger partial charge in [0.25, 0.3) is 0 Å². The van der Waals surface area contributed by atoms with Crippen molar-refractivity contribution in [2.24, 2.45) is 0 Å². The Bertz CT molecular complexity index is 576. The van der Waals surface area contributed by atoms with Gasteiger partial charge in [0.15, 0.2) is 11.5 Å². The van der Waals surface area contributed by atoms with Crippen LogP contribution in [0.25, 0.3) is 11.1 Å². The van der Waals surface area contributed by atoms with Crippen LogP contribution in [0, 0.1) is 6.92 Å². The number of para-hydroxylation sites is 1. The first kappa shape index (κ1) is 13.4. The minimum absolute atomic E-state index is 0.0337. The van der Waals surface area contributed by atoms with Crippen molar-refractivity contribution in [3.63, 3.8) is 0 Å². The van der Waals surface area contributed by atoms with Crippen molar-refractivity contribution >= 4 is 0 Å². The Morgan fingerprint density at radius 1 is 0.947 bits per heavy atom. The normalized spacial score (nSPS) is 10.3. The molecule has 0 aliphatic rings. The van der Waals surface area contributed by atoms with Crippen LogP contribution < -0.4 is 9.47 Å². The molecule has 0 saturated carbocycles. The second kappa shape index (κ2) is 5.76. The highest BCUT2D eigenvalue weighted by atomic mass is 16.5. The Morgan fingerprint density at radius 3 is 2.26 bits per heavy atom. The Kier molecular flexibility index (Phi) is 4.07. The summed E-state index contributed by atoms with van der Waals surface area (Å²) in [6.07, 6.45) is 0. The van der Waals surface area contributed by atoms with Crippen molar-refractivity contribution in [2.45, 2.75) is 13.5 Å². The first-order valence-electron chi connectivity index (χ1n) is 6.13. The van der Waals surface area contributed by atoms with E-state index in [1.165, 1.54) is 0 Å². The number of methoxy groups -OCH3 is 2. The van der Waals surface area contributed by atoms with Crippen LogP contribution in [-0.4, -0.2) is 19.3 Å². The summed E-state index contributed by atoms with van der Waals surface area (Å²) < 4.78 is 10.8. The van der Waals surface area contributed by atoms with E-state index < -0.39 is 0 Å². The Balaban J connectivity index is 2.65. The molecular formula is C16H18O3. The lowest BCUT2D eigenvalue weighted by Gasteiger charge is -2.15. The van der Waals surface area contributed by atoms with E-state index in [0.717, 1.165) is 22.3 Å². The van der Waals surface area contributed by atoms with Gasteiger partial charge in [-0.05, 0) is 29.7 Å². The average Bonchev–Trinajstić information content (AvgIpc) is 2.46. The number of hydrogen-bond acceptors (Lipinski definition) is 3. The third kappa shape index (κ3) is 2.42. The van der Waals surface area contributed by atoms with Crippen LogP contribution in [0.3, 0.4) is 0 Å². The molecule has 0 spiro atoms. The smallest absolute Gasteiger partial charge is 0.168 e. The first-order chi connectivity index (χ1) is 9.22. The standard InChI is InChI=1S/C16H18O3/c1-11-12(10-17)6-4-7-13(11)14-8-5-9-15(18-2)16(14)19-3/h4-9,17H,10H2,1-3H3. The lowest BCUT2D eigenvalue weighted by atomic mass is 9.96. The van der Waals surface area contributed by atoms with Gasteiger partial charge in [0.2, 0.25) is 0 Å². The molecule has 0 unspecified atom stereocenters. The molecule has 19 heavy (non-hydrogen) atoms. The summed E-state index contributed by atoms with van der Waals surface area (Å²) in [5.74, 6) is 1.41. The highest BCUT2D eigenvalue weighted by Gasteiger charge is 2.14. The van der Waals surface area contributed by atoms with Crippen molar-refractivity contribution in [2.75, 3.05) is 14.2 Å². The summed E-state index contributed by atoms with van der Waals surface area (Å²) in [4.78, 5) is 0. The third-order valence-electron chi connectivity index (χ3n) is 3.31. The maximum absolute atomic E-state index is 9.36. The van der Waals surface area contributed by atoms with Crippen LogP contribution in [0.2, 0.25) is 0 Å². The van der Waals surface area contributed by atoms with Gasteiger partial charge < -0.3 is 14.6 Å². The van der Waals surface area contributed by atoms with Crippen LogP contribution in [0.1, 0.15) is 11.1 Å². The molecule has 2 aromatic carbocycles. The minimum atomic E-state index is 0.0337. The van der Waals surface area contributed by atoms with E-state index in [1.54, 1.807) is 14.2 Å². The molecule has 0 fully saturated rings. The molecule has 0 heterocycles. The second-order valence-corrected chi connectivity index (χ2v) is 4.29. The molecule has 0 aliphatic carbocycles. The molecular weight excluding hydrogens is 240 g/mol. The number of aliphatic hydroxyl groups excluding tert-OH is 1. The SMILES string of the molecule is COc1cccc(-c2cccc(CO)c2C)c1OC. The minimum Gasteiger partial charge on any atom is -0.493 e. The lowest BCUT2D eigenvalue weighted by Crippen LogP contribution is -1.96. The van der Waals surface area contributed by atoms with E-state index in [0.29, 0.717) is 11.5 Å². The number of ether oxygens (including phenoxy) is 2. The van der Waals surface area contributed by atoms with Crippen molar-refractivity contribution in [1.29, 1.82) is 0 Å². The molecule has 0 amide bonds. The molecule has 3 heteroatoms. The predicted molar refractivity (Wildman–Crippen MR) is 75.6 cm³/mol. The third-order valence-corrected chi connectivity index (χ3v) is 3.31. The average molecular weight is 258 g/mol. The summed E-state index contributed by atoms with van der Waals surface area (Å²) in [7, 11) is 3.26. The first-order valence-corrected chi connectivity index (χ1v) is 6.13. The van der Waals surface area contributed by atoms with Crippen LogP contribution in [0.5, 0.6) is 11.5 Å². The van der Waals surface area contributed by atoms with Gasteiger partial charge in [-0.3, -0.25) is 0 Å². The molecule has 0 aromatic heterocycles. The quantitative estimate of drug-likeness (QED) is 0.915. The molecule has 2 aromatic rings. The van der Waals surface area contributed by atoms with Crippen LogP contribution in [0.15, 0.2) is 36.4 Å². The Labute approximate surface area is 113 Å². The van der Waals surface area contributed by atoms with Gasteiger partial charge in [0.1, 0.15) is 0 Å². The van der Waals surface area contributed by atoms with Crippen LogP contribution in [0.4, 0.5) is 0 Å². The summed E-state index contributed by atoms with van der Waals surface area (Å²) in [5, 5.41) is 9.36.